The summed E-state index contributed by atoms with van der Waals surface area (Å²) in [7, 11) is 1.62. The van der Waals surface area contributed by atoms with Crippen molar-refractivity contribution >= 4 is 23.2 Å². The van der Waals surface area contributed by atoms with Crippen LogP contribution in [0.5, 0.6) is 0 Å². The highest BCUT2D eigenvalue weighted by Crippen LogP contribution is 2.22. The van der Waals surface area contributed by atoms with Crippen molar-refractivity contribution in [1.82, 2.24) is 15.4 Å². The third-order valence-corrected chi connectivity index (χ3v) is 3.29. The number of nitrogens with zero attached hydrogens (tertiary/aromatic N) is 2. The molecule has 5 N–H and O–H groups in total. The number of methoxy groups -OCH3 is 1. The largest absolute Gasteiger partial charge is 0.393 e. The van der Waals surface area contributed by atoms with Crippen LogP contribution >= 0.6 is 0 Å². The molecule has 0 spiro atoms. The van der Waals surface area contributed by atoms with E-state index in [1.807, 2.05) is 26.0 Å². The number of carbonyl (C=O) groups is 1. The summed E-state index contributed by atoms with van der Waals surface area (Å²) in [6.07, 6.45) is 1.36. The summed E-state index contributed by atoms with van der Waals surface area (Å²) in [5.74, 6) is 0.509. The molecule has 2 aromatic rings. The average Bonchev–Trinajstić information content (AvgIpc) is 2.56. The number of carbonyl (C=O) groups excluding carboxylic acids is 1. The Hall–Kier alpha value is -2.87. The van der Waals surface area contributed by atoms with Crippen molar-refractivity contribution < 1.29 is 9.53 Å². The molecule has 1 unspecified atom stereocenters. The molecule has 0 aliphatic carbocycles. The Labute approximate surface area is 140 Å². The first-order valence-electron chi connectivity index (χ1n) is 7.50. The van der Waals surface area contributed by atoms with Gasteiger partial charge in [0.2, 0.25) is 0 Å². The van der Waals surface area contributed by atoms with Crippen LogP contribution in [0.4, 0.5) is 17.3 Å². The summed E-state index contributed by atoms with van der Waals surface area (Å²) in [6.45, 7) is 4.41. The minimum absolute atomic E-state index is 0.0298. The topological polar surface area (TPSA) is 114 Å². The monoisotopic (exact) mass is 330 g/mol. The van der Waals surface area contributed by atoms with Crippen LogP contribution in [-0.4, -0.2) is 35.6 Å². The summed E-state index contributed by atoms with van der Waals surface area (Å²) in [5.41, 5.74) is 13.3. The molecule has 128 valence electrons. The van der Waals surface area contributed by atoms with Gasteiger partial charge in [-0.15, -0.1) is 0 Å². The number of hydrogen-bond acceptors (Lipinski definition) is 7. The number of benzene rings is 1. The van der Waals surface area contributed by atoms with Crippen molar-refractivity contribution in [3.63, 3.8) is 0 Å². The Balaban J connectivity index is 2.02. The lowest BCUT2D eigenvalue weighted by Crippen LogP contribution is -2.30. The van der Waals surface area contributed by atoms with Gasteiger partial charge in [0.05, 0.1) is 6.61 Å². The van der Waals surface area contributed by atoms with E-state index in [9.17, 15) is 4.79 Å². The molecular formula is C16H22N6O2. The molecule has 0 saturated heterocycles. The molecule has 1 aromatic carbocycles. The van der Waals surface area contributed by atoms with Crippen LogP contribution in [0.15, 0.2) is 30.6 Å². The van der Waals surface area contributed by atoms with Crippen molar-refractivity contribution in [3.8, 4) is 0 Å². The first kappa shape index (κ1) is 17.5. The molecule has 0 fully saturated rings. The van der Waals surface area contributed by atoms with Crippen LogP contribution in [0, 0.1) is 6.92 Å². The lowest BCUT2D eigenvalue weighted by Gasteiger charge is -2.16. The fourth-order valence-corrected chi connectivity index (χ4v) is 2.03. The lowest BCUT2D eigenvalue weighted by atomic mass is 10.1. The molecule has 0 radical (unpaired) electrons. The zero-order chi connectivity index (χ0) is 17.5. The van der Waals surface area contributed by atoms with Crippen molar-refractivity contribution in [2.24, 2.45) is 0 Å². The molecule has 0 bridgehead atoms. The molecule has 1 aromatic heterocycles. The van der Waals surface area contributed by atoms with E-state index in [4.69, 9.17) is 10.5 Å². The van der Waals surface area contributed by atoms with E-state index in [0.29, 0.717) is 29.5 Å². The Kier molecular flexibility index (Phi) is 5.91. The number of aryl methyl sites for hydroxylation is 1. The molecule has 8 heteroatoms. The number of rotatable bonds is 7. The summed E-state index contributed by atoms with van der Waals surface area (Å²) in [5, 5.41) is 3.12. The molecule has 1 atom stereocenters. The lowest BCUT2D eigenvalue weighted by molar-refractivity contribution is 0.0962. The SMILES string of the molecule is COCC(C)Nc1ncnc(NNC(=O)c2ccc(C)cc2)c1N. The first-order chi connectivity index (χ1) is 11.5. The van der Waals surface area contributed by atoms with Gasteiger partial charge in [0.25, 0.3) is 5.91 Å². The predicted octanol–water partition coefficient (Wildman–Crippen LogP) is 1.57. The zero-order valence-corrected chi connectivity index (χ0v) is 14.0. The van der Waals surface area contributed by atoms with Crippen LogP contribution in [0.25, 0.3) is 0 Å². The fraction of sp³-hybridized carbons (Fsp3) is 0.312. The summed E-state index contributed by atoms with van der Waals surface area (Å²) < 4.78 is 5.06. The van der Waals surface area contributed by atoms with Gasteiger partial charge in [-0.1, -0.05) is 17.7 Å². The second-order valence-corrected chi connectivity index (χ2v) is 5.43. The molecule has 24 heavy (non-hydrogen) atoms. The van der Waals surface area contributed by atoms with Gasteiger partial charge in [0.15, 0.2) is 11.6 Å². The molecular weight excluding hydrogens is 308 g/mol. The third-order valence-electron chi connectivity index (χ3n) is 3.29. The summed E-state index contributed by atoms with van der Waals surface area (Å²) in [6, 6.07) is 7.26. The second kappa shape index (κ2) is 8.11. The minimum atomic E-state index is -0.282. The van der Waals surface area contributed by atoms with E-state index in [-0.39, 0.29) is 11.9 Å². The van der Waals surface area contributed by atoms with Gasteiger partial charge < -0.3 is 15.8 Å². The molecule has 0 saturated carbocycles. The van der Waals surface area contributed by atoms with Gasteiger partial charge in [-0.05, 0) is 26.0 Å². The van der Waals surface area contributed by atoms with Crippen molar-refractivity contribution in [1.29, 1.82) is 0 Å². The third kappa shape index (κ3) is 4.56. The van der Waals surface area contributed by atoms with Gasteiger partial charge >= 0.3 is 0 Å². The number of hydrazine groups is 1. The van der Waals surface area contributed by atoms with E-state index in [2.05, 4.69) is 26.1 Å². The molecule has 2 rings (SSSR count). The summed E-state index contributed by atoms with van der Waals surface area (Å²) in [4.78, 5) is 20.2. The molecule has 8 nitrogen and oxygen atoms in total. The number of nitrogens with one attached hydrogen (secondary N) is 3. The van der Waals surface area contributed by atoms with E-state index in [1.54, 1.807) is 19.2 Å². The standard InChI is InChI=1S/C16H22N6O2/c1-10-4-6-12(7-5-10)16(23)22-21-15-13(17)14(18-9-19-15)20-11(2)8-24-3/h4-7,9,11H,8,17H2,1-3H3,(H,22,23)(H2,18,19,20,21). The Bertz CT molecular complexity index is 689. The van der Waals surface area contributed by atoms with Crippen LogP contribution in [0.3, 0.4) is 0 Å². The maximum atomic E-state index is 12.1. The molecule has 0 aliphatic rings. The number of nitrogen functional groups attached to an aromatic ring is 1. The van der Waals surface area contributed by atoms with Crippen LogP contribution < -0.4 is 21.9 Å². The average molecular weight is 330 g/mol. The highest BCUT2D eigenvalue weighted by molar-refractivity contribution is 5.95. The first-order valence-corrected chi connectivity index (χ1v) is 7.50. The normalized spacial score (nSPS) is 11.6. The highest BCUT2D eigenvalue weighted by atomic mass is 16.5. The number of nitrogens with two attached hydrogens (primary N) is 1. The zero-order valence-electron chi connectivity index (χ0n) is 14.0. The number of ether oxygens (including phenoxy) is 1. The number of aromatic nitrogens is 2. The predicted molar refractivity (Wildman–Crippen MR) is 93.7 cm³/mol. The quantitative estimate of drug-likeness (QED) is 0.570. The van der Waals surface area contributed by atoms with Crippen molar-refractivity contribution in [3.05, 3.63) is 41.7 Å². The minimum Gasteiger partial charge on any atom is -0.393 e. The number of hydrogen-bond donors (Lipinski definition) is 4. The van der Waals surface area contributed by atoms with Gasteiger partial charge in [-0.25, -0.2) is 9.97 Å². The van der Waals surface area contributed by atoms with Gasteiger partial charge in [-0.2, -0.15) is 0 Å². The number of anilines is 3. The Morgan fingerprint density at radius 3 is 2.58 bits per heavy atom. The van der Waals surface area contributed by atoms with Gasteiger partial charge in [0, 0.05) is 18.7 Å². The van der Waals surface area contributed by atoms with Crippen LogP contribution in [-0.2, 0) is 4.74 Å². The second-order valence-electron chi connectivity index (χ2n) is 5.43. The van der Waals surface area contributed by atoms with Crippen molar-refractivity contribution in [2.45, 2.75) is 19.9 Å². The maximum absolute atomic E-state index is 12.1. The highest BCUT2D eigenvalue weighted by Gasteiger charge is 2.12. The molecule has 0 aliphatic heterocycles. The van der Waals surface area contributed by atoms with E-state index in [0.717, 1.165) is 5.56 Å². The van der Waals surface area contributed by atoms with Crippen LogP contribution in [0.2, 0.25) is 0 Å². The van der Waals surface area contributed by atoms with Gasteiger partial charge in [0.1, 0.15) is 12.0 Å². The number of amides is 1. The molecule has 1 amide bonds. The van der Waals surface area contributed by atoms with Gasteiger partial charge in [-0.3, -0.25) is 15.6 Å². The molecule has 1 heterocycles. The Morgan fingerprint density at radius 1 is 1.25 bits per heavy atom. The van der Waals surface area contributed by atoms with E-state index >= 15 is 0 Å². The fourth-order valence-electron chi connectivity index (χ4n) is 2.03. The summed E-state index contributed by atoms with van der Waals surface area (Å²) >= 11 is 0. The van der Waals surface area contributed by atoms with Crippen molar-refractivity contribution in [2.75, 3.05) is 30.2 Å². The maximum Gasteiger partial charge on any atom is 0.269 e. The smallest absolute Gasteiger partial charge is 0.269 e. The van der Waals surface area contributed by atoms with Crippen LogP contribution in [0.1, 0.15) is 22.8 Å². The van der Waals surface area contributed by atoms with E-state index < -0.39 is 0 Å². The van der Waals surface area contributed by atoms with E-state index in [1.165, 1.54) is 6.33 Å². The Morgan fingerprint density at radius 2 is 1.92 bits per heavy atom.